The number of hydrogen-bond donors (Lipinski definition) is 0. The van der Waals surface area contributed by atoms with Crippen LogP contribution in [0.5, 0.6) is 5.75 Å². The van der Waals surface area contributed by atoms with Crippen LogP contribution in [-0.4, -0.2) is 61.7 Å². The highest BCUT2D eigenvalue weighted by molar-refractivity contribution is 6.77. The molecule has 0 spiro atoms. The Kier molecular flexibility index (Phi) is 18.7. The van der Waals surface area contributed by atoms with Gasteiger partial charge in [0.1, 0.15) is 12.5 Å². The fraction of sp³-hybridized carbons (Fsp3) is 0.629. The number of rotatable bonds is 21. The summed E-state index contributed by atoms with van der Waals surface area (Å²) >= 11 is 0. The lowest BCUT2D eigenvalue weighted by molar-refractivity contribution is -0.134. The fourth-order valence-corrected chi connectivity index (χ4v) is 11.4. The van der Waals surface area contributed by atoms with Crippen LogP contribution in [0, 0.1) is 5.92 Å². The Bertz CT molecular complexity index is 990. The van der Waals surface area contributed by atoms with Crippen molar-refractivity contribution < 1.29 is 32.9 Å². The van der Waals surface area contributed by atoms with E-state index in [2.05, 4.69) is 61.5 Å². The zero-order valence-corrected chi connectivity index (χ0v) is 29.6. The summed E-state index contributed by atoms with van der Waals surface area (Å²) in [5.74, 6) is 0.611. The van der Waals surface area contributed by atoms with Crippen LogP contribution in [0.2, 0.25) is 16.6 Å². The Hall–Kier alpha value is -2.23. The minimum atomic E-state index is -2.13. The standard InChI is InChI=1S/C35H58O7Si/c1-26(2)43(27(3)4,28(5)6)42-34(30(8)14-12-13-15-35(36)39-11)21-16-29(7)32(24-41-25-37-9)23-40-22-31-17-19-33(38-10)20-18-31/h12-15,17-20,26-28,30,34H,16,21-25H2,1-11H3/b14-12+,15-13-,32-29-/t30-,34-/m0/s1. The molecule has 0 radical (unpaired) electrons. The molecule has 1 aromatic rings. The number of carbonyl (C=O) groups excluding carboxylic acids is 1. The summed E-state index contributed by atoms with van der Waals surface area (Å²) in [7, 11) is 2.54. The molecule has 0 heterocycles. The zero-order valence-electron chi connectivity index (χ0n) is 28.6. The van der Waals surface area contributed by atoms with E-state index in [1.807, 2.05) is 30.3 Å². The molecule has 0 N–H and O–H groups in total. The molecule has 43 heavy (non-hydrogen) atoms. The molecule has 244 valence electrons. The minimum absolute atomic E-state index is 0.0259. The molecule has 8 heteroatoms. The van der Waals surface area contributed by atoms with Crippen molar-refractivity contribution in [3.63, 3.8) is 0 Å². The van der Waals surface area contributed by atoms with Crippen LogP contribution < -0.4 is 4.74 Å². The highest BCUT2D eigenvalue weighted by Gasteiger charge is 2.47. The van der Waals surface area contributed by atoms with E-state index in [-0.39, 0.29) is 24.8 Å². The number of methoxy groups -OCH3 is 3. The van der Waals surface area contributed by atoms with Gasteiger partial charge in [-0.2, -0.15) is 0 Å². The zero-order chi connectivity index (χ0) is 32.4. The molecular weight excluding hydrogens is 560 g/mol. The lowest BCUT2D eigenvalue weighted by Crippen LogP contribution is -2.51. The highest BCUT2D eigenvalue weighted by atomic mass is 28.4. The average Bonchev–Trinajstić information content (AvgIpc) is 2.98. The van der Waals surface area contributed by atoms with Gasteiger partial charge in [0.05, 0.1) is 40.1 Å². The maximum absolute atomic E-state index is 11.5. The van der Waals surface area contributed by atoms with E-state index < -0.39 is 8.32 Å². The van der Waals surface area contributed by atoms with Crippen molar-refractivity contribution in [2.75, 3.05) is 41.3 Å². The Labute approximate surface area is 262 Å². The number of hydrogen-bond acceptors (Lipinski definition) is 7. The van der Waals surface area contributed by atoms with E-state index in [4.69, 9.17) is 28.1 Å². The lowest BCUT2D eigenvalue weighted by Gasteiger charge is -2.45. The van der Waals surface area contributed by atoms with E-state index in [0.29, 0.717) is 36.4 Å². The molecular formula is C35H58O7Si. The van der Waals surface area contributed by atoms with Crippen molar-refractivity contribution in [3.8, 4) is 5.75 Å². The third-order valence-corrected chi connectivity index (χ3v) is 14.3. The van der Waals surface area contributed by atoms with Crippen LogP contribution in [0.1, 0.15) is 73.8 Å². The van der Waals surface area contributed by atoms with Crippen molar-refractivity contribution in [2.45, 2.75) is 97.6 Å². The summed E-state index contributed by atoms with van der Waals surface area (Å²) in [5, 5.41) is 0. The average molecular weight is 619 g/mol. The molecule has 0 fully saturated rings. The quantitative estimate of drug-likeness (QED) is 0.0260. The van der Waals surface area contributed by atoms with Crippen LogP contribution in [0.25, 0.3) is 0 Å². The van der Waals surface area contributed by atoms with E-state index in [1.165, 1.54) is 18.8 Å². The molecule has 0 aliphatic carbocycles. The molecule has 0 aliphatic rings. The van der Waals surface area contributed by atoms with E-state index in [1.54, 1.807) is 20.3 Å². The summed E-state index contributed by atoms with van der Waals surface area (Å²) in [6.07, 6.45) is 8.96. The highest BCUT2D eigenvalue weighted by Crippen LogP contribution is 2.44. The predicted molar refractivity (Wildman–Crippen MR) is 178 cm³/mol. The second kappa shape index (κ2) is 20.7. The van der Waals surface area contributed by atoms with Gasteiger partial charge in [0.15, 0.2) is 0 Å². The lowest BCUT2D eigenvalue weighted by atomic mass is 9.96. The normalized spacial score (nSPS) is 14.7. The maximum Gasteiger partial charge on any atom is 0.330 e. The SMILES string of the molecule is COCOC/C(COCc1ccc(OC)cc1)=C(/C)CC[C@H](O[Si](C(C)C)(C(C)C)C(C)C)[C@@H](C)/C=C/C=C\C(=O)OC. The first-order valence-electron chi connectivity index (χ1n) is 15.5. The van der Waals surface area contributed by atoms with Crippen molar-refractivity contribution in [3.05, 3.63) is 65.3 Å². The summed E-state index contributed by atoms with van der Waals surface area (Å²) in [6.45, 7) is 19.9. The molecule has 2 atom stereocenters. The van der Waals surface area contributed by atoms with Crippen molar-refractivity contribution in [1.29, 1.82) is 0 Å². The molecule has 1 aromatic carbocycles. The smallest absolute Gasteiger partial charge is 0.330 e. The monoisotopic (exact) mass is 618 g/mol. The largest absolute Gasteiger partial charge is 0.497 e. The van der Waals surface area contributed by atoms with Crippen LogP contribution in [0.3, 0.4) is 0 Å². The van der Waals surface area contributed by atoms with E-state index in [9.17, 15) is 4.79 Å². The van der Waals surface area contributed by atoms with Gasteiger partial charge in [-0.1, -0.05) is 84.4 Å². The van der Waals surface area contributed by atoms with Gasteiger partial charge in [-0.25, -0.2) is 4.79 Å². The summed E-state index contributed by atoms with van der Waals surface area (Å²) < 4.78 is 34.3. The number of ether oxygens (including phenoxy) is 5. The molecule has 0 bridgehead atoms. The molecule has 0 aliphatic heterocycles. The van der Waals surface area contributed by atoms with Crippen LogP contribution in [0.15, 0.2) is 59.7 Å². The van der Waals surface area contributed by atoms with Crippen molar-refractivity contribution >= 4 is 14.3 Å². The minimum Gasteiger partial charge on any atom is -0.497 e. The van der Waals surface area contributed by atoms with Crippen molar-refractivity contribution in [1.82, 2.24) is 0 Å². The summed E-state index contributed by atoms with van der Waals surface area (Å²) in [5.41, 5.74) is 4.88. The molecule has 0 saturated heterocycles. The van der Waals surface area contributed by atoms with Gasteiger partial charge < -0.3 is 28.1 Å². The van der Waals surface area contributed by atoms with Crippen LogP contribution >= 0.6 is 0 Å². The first-order chi connectivity index (χ1) is 20.4. The Balaban J connectivity index is 3.20. The first kappa shape index (κ1) is 38.8. The number of carbonyl (C=O) groups is 1. The summed E-state index contributed by atoms with van der Waals surface area (Å²) in [6, 6.07) is 7.92. The number of allylic oxidation sites excluding steroid dienone is 3. The van der Waals surface area contributed by atoms with Gasteiger partial charge in [-0.15, -0.1) is 0 Å². The second-order valence-corrected chi connectivity index (χ2v) is 17.5. The Morgan fingerprint density at radius 1 is 0.860 bits per heavy atom. The molecule has 1 rings (SSSR count). The van der Waals surface area contributed by atoms with Crippen LogP contribution in [-0.2, 0) is 34.8 Å². The molecule has 0 saturated carbocycles. The molecule has 0 unspecified atom stereocenters. The maximum atomic E-state index is 11.5. The first-order valence-corrected chi connectivity index (χ1v) is 17.6. The van der Waals surface area contributed by atoms with Gasteiger partial charge in [0.2, 0.25) is 8.32 Å². The van der Waals surface area contributed by atoms with Crippen molar-refractivity contribution in [2.24, 2.45) is 5.92 Å². The Morgan fingerprint density at radius 2 is 1.47 bits per heavy atom. The van der Waals surface area contributed by atoms with E-state index in [0.717, 1.165) is 29.7 Å². The van der Waals surface area contributed by atoms with Gasteiger partial charge in [-0.05, 0) is 65.6 Å². The third-order valence-electron chi connectivity index (χ3n) is 8.20. The fourth-order valence-electron chi connectivity index (χ4n) is 5.75. The molecule has 0 amide bonds. The van der Waals surface area contributed by atoms with Gasteiger partial charge in [0, 0.05) is 13.2 Å². The van der Waals surface area contributed by atoms with Crippen LogP contribution in [0.4, 0.5) is 0 Å². The summed E-state index contributed by atoms with van der Waals surface area (Å²) in [4.78, 5) is 11.5. The molecule has 0 aromatic heterocycles. The second-order valence-electron chi connectivity index (χ2n) is 12.1. The number of benzene rings is 1. The topological polar surface area (TPSA) is 72.5 Å². The van der Waals surface area contributed by atoms with E-state index >= 15 is 0 Å². The predicted octanol–water partition coefficient (Wildman–Crippen LogP) is 8.41. The Morgan fingerprint density at radius 3 is 2.00 bits per heavy atom. The third kappa shape index (κ3) is 13.1. The molecule has 7 nitrogen and oxygen atoms in total. The van der Waals surface area contributed by atoms with Gasteiger partial charge in [-0.3, -0.25) is 0 Å². The number of esters is 1. The van der Waals surface area contributed by atoms with Gasteiger partial charge in [0.25, 0.3) is 0 Å². The van der Waals surface area contributed by atoms with Gasteiger partial charge >= 0.3 is 5.97 Å².